The second-order valence-electron chi connectivity index (χ2n) is 4.04. The predicted molar refractivity (Wildman–Crippen MR) is 76.1 cm³/mol. The lowest BCUT2D eigenvalue weighted by molar-refractivity contribution is 0.0787. The molecular weight excluding hydrogens is 244 g/mol. The van der Waals surface area contributed by atoms with Crippen LogP contribution in [0.4, 0.5) is 5.69 Å². The lowest BCUT2D eigenvalue weighted by Crippen LogP contribution is -2.26. The van der Waals surface area contributed by atoms with Crippen LogP contribution in [0, 0.1) is 0 Å². The molecule has 0 aliphatic heterocycles. The zero-order valence-electron chi connectivity index (χ0n) is 10.5. The van der Waals surface area contributed by atoms with Crippen LogP contribution in [0.1, 0.15) is 15.2 Å². The average Bonchev–Trinajstić information content (AvgIpc) is 2.90. The topological polar surface area (TPSA) is 32.3 Å². The van der Waals surface area contributed by atoms with Crippen molar-refractivity contribution in [1.82, 2.24) is 4.90 Å². The van der Waals surface area contributed by atoms with Crippen molar-refractivity contribution in [3.63, 3.8) is 0 Å². The summed E-state index contributed by atoms with van der Waals surface area (Å²) in [7, 11) is 3.65. The molecule has 0 saturated carbocycles. The first-order valence-corrected chi connectivity index (χ1v) is 6.65. The number of carbonyl (C=O) groups is 1. The van der Waals surface area contributed by atoms with Gasteiger partial charge in [-0.3, -0.25) is 4.79 Å². The van der Waals surface area contributed by atoms with Gasteiger partial charge in [-0.2, -0.15) is 0 Å². The summed E-state index contributed by atoms with van der Waals surface area (Å²) >= 11 is 1.66. The van der Waals surface area contributed by atoms with Crippen LogP contribution >= 0.6 is 11.3 Å². The predicted octanol–water partition coefficient (Wildman–Crippen LogP) is 3.06. The van der Waals surface area contributed by atoms with E-state index < -0.39 is 0 Å². The van der Waals surface area contributed by atoms with Crippen molar-refractivity contribution in [2.24, 2.45) is 0 Å². The molecule has 0 fully saturated rings. The highest BCUT2D eigenvalue weighted by atomic mass is 32.1. The molecule has 0 saturated heterocycles. The number of benzene rings is 1. The molecule has 0 atom stereocenters. The van der Waals surface area contributed by atoms with Gasteiger partial charge in [0.05, 0.1) is 12.1 Å². The van der Waals surface area contributed by atoms with Crippen molar-refractivity contribution >= 4 is 22.9 Å². The molecule has 0 spiro atoms. The fourth-order valence-electron chi connectivity index (χ4n) is 1.80. The molecule has 0 bridgehead atoms. The Morgan fingerprint density at radius 2 is 2.06 bits per heavy atom. The third kappa shape index (κ3) is 2.71. The van der Waals surface area contributed by atoms with Gasteiger partial charge < -0.3 is 10.2 Å². The Kier molecular flexibility index (Phi) is 3.99. The van der Waals surface area contributed by atoms with Gasteiger partial charge in [0.25, 0.3) is 5.91 Å². The van der Waals surface area contributed by atoms with E-state index in [4.69, 9.17) is 0 Å². The van der Waals surface area contributed by atoms with Crippen LogP contribution in [0.3, 0.4) is 0 Å². The first-order chi connectivity index (χ1) is 8.72. The molecule has 1 amide bonds. The smallest absolute Gasteiger partial charge is 0.256 e. The Hall–Kier alpha value is -1.81. The number of anilines is 1. The molecule has 0 aliphatic carbocycles. The van der Waals surface area contributed by atoms with E-state index in [1.807, 2.05) is 55.9 Å². The zero-order valence-corrected chi connectivity index (χ0v) is 11.3. The van der Waals surface area contributed by atoms with Gasteiger partial charge in [0.1, 0.15) is 0 Å². The second kappa shape index (κ2) is 5.69. The number of hydrogen-bond acceptors (Lipinski definition) is 3. The molecule has 0 aliphatic rings. The van der Waals surface area contributed by atoms with Crippen LogP contribution in [0.2, 0.25) is 0 Å². The van der Waals surface area contributed by atoms with Gasteiger partial charge in [-0.05, 0) is 23.6 Å². The van der Waals surface area contributed by atoms with Crippen LogP contribution in [0.25, 0.3) is 0 Å². The Labute approximate surface area is 111 Å². The molecule has 94 valence electrons. The Bertz CT molecular complexity index is 522. The second-order valence-corrected chi connectivity index (χ2v) is 5.07. The molecular formula is C14H16N2OS. The minimum absolute atomic E-state index is 0.0355. The fraction of sp³-hybridized carbons (Fsp3) is 0.214. The van der Waals surface area contributed by atoms with Crippen LogP contribution in [0.5, 0.6) is 0 Å². The van der Waals surface area contributed by atoms with Gasteiger partial charge in [0.15, 0.2) is 0 Å². The summed E-state index contributed by atoms with van der Waals surface area (Å²) in [5.74, 6) is 0.0355. The molecule has 2 rings (SSSR count). The summed E-state index contributed by atoms with van der Waals surface area (Å²) in [6.45, 7) is 0.647. The van der Waals surface area contributed by atoms with Crippen molar-refractivity contribution in [2.45, 2.75) is 6.54 Å². The number of nitrogens with one attached hydrogen (secondary N) is 1. The Balaban J connectivity index is 2.15. The van der Waals surface area contributed by atoms with E-state index in [0.717, 1.165) is 5.69 Å². The number of para-hydroxylation sites is 1. The fourth-order valence-corrected chi connectivity index (χ4v) is 2.56. The summed E-state index contributed by atoms with van der Waals surface area (Å²) in [5, 5.41) is 5.07. The lowest BCUT2D eigenvalue weighted by Gasteiger charge is -2.18. The zero-order chi connectivity index (χ0) is 13.0. The molecule has 1 N–H and O–H groups in total. The number of nitrogens with zero attached hydrogens (tertiary/aromatic N) is 1. The van der Waals surface area contributed by atoms with Crippen molar-refractivity contribution in [3.05, 3.63) is 52.2 Å². The van der Waals surface area contributed by atoms with Gasteiger partial charge in [-0.25, -0.2) is 0 Å². The van der Waals surface area contributed by atoms with E-state index >= 15 is 0 Å². The normalized spacial score (nSPS) is 10.1. The first kappa shape index (κ1) is 12.6. The van der Waals surface area contributed by atoms with Gasteiger partial charge in [0.2, 0.25) is 0 Å². The summed E-state index contributed by atoms with van der Waals surface area (Å²) in [4.78, 5) is 15.3. The number of hydrogen-bond donors (Lipinski definition) is 1. The first-order valence-electron chi connectivity index (χ1n) is 5.77. The highest BCUT2D eigenvalue weighted by Gasteiger charge is 2.15. The van der Waals surface area contributed by atoms with Crippen LogP contribution in [-0.4, -0.2) is 24.9 Å². The average molecular weight is 260 g/mol. The van der Waals surface area contributed by atoms with Crippen LogP contribution in [0.15, 0.2) is 41.8 Å². The van der Waals surface area contributed by atoms with Crippen LogP contribution in [-0.2, 0) is 6.54 Å². The monoisotopic (exact) mass is 260 g/mol. The minimum atomic E-state index is 0.0355. The summed E-state index contributed by atoms with van der Waals surface area (Å²) in [6, 6.07) is 11.6. The number of rotatable bonds is 4. The molecule has 1 aromatic carbocycles. The third-order valence-corrected chi connectivity index (χ3v) is 3.61. The Morgan fingerprint density at radius 1 is 1.28 bits per heavy atom. The van der Waals surface area contributed by atoms with E-state index in [1.165, 1.54) is 4.88 Å². The van der Waals surface area contributed by atoms with E-state index in [2.05, 4.69) is 5.32 Å². The van der Waals surface area contributed by atoms with Gasteiger partial charge in [-0.15, -0.1) is 11.3 Å². The summed E-state index contributed by atoms with van der Waals surface area (Å²) in [5.41, 5.74) is 1.57. The third-order valence-electron chi connectivity index (χ3n) is 2.75. The minimum Gasteiger partial charge on any atom is -0.387 e. The molecule has 1 aromatic heterocycles. The van der Waals surface area contributed by atoms with E-state index in [-0.39, 0.29) is 5.91 Å². The highest BCUT2D eigenvalue weighted by molar-refractivity contribution is 7.09. The SMILES string of the molecule is CNc1ccccc1C(=O)N(C)Cc1cccs1. The molecule has 18 heavy (non-hydrogen) atoms. The van der Waals surface area contributed by atoms with Crippen molar-refractivity contribution in [2.75, 3.05) is 19.4 Å². The molecule has 4 heteroatoms. The Morgan fingerprint density at radius 3 is 2.72 bits per heavy atom. The lowest BCUT2D eigenvalue weighted by atomic mass is 10.1. The van der Waals surface area contributed by atoms with Crippen molar-refractivity contribution in [1.29, 1.82) is 0 Å². The molecule has 1 heterocycles. The van der Waals surface area contributed by atoms with E-state index in [9.17, 15) is 4.79 Å². The van der Waals surface area contributed by atoms with Gasteiger partial charge in [-0.1, -0.05) is 18.2 Å². The largest absolute Gasteiger partial charge is 0.387 e. The van der Waals surface area contributed by atoms with Gasteiger partial charge >= 0.3 is 0 Å². The number of thiophene rings is 1. The van der Waals surface area contributed by atoms with Crippen LogP contribution < -0.4 is 5.32 Å². The standard InChI is InChI=1S/C14H16N2OS/c1-15-13-8-4-3-7-12(13)14(17)16(2)10-11-6-5-9-18-11/h3-9,15H,10H2,1-2H3. The maximum absolute atomic E-state index is 12.3. The highest BCUT2D eigenvalue weighted by Crippen LogP contribution is 2.18. The van der Waals surface area contributed by atoms with E-state index in [0.29, 0.717) is 12.1 Å². The maximum Gasteiger partial charge on any atom is 0.256 e. The van der Waals surface area contributed by atoms with Gasteiger partial charge in [0, 0.05) is 24.7 Å². The maximum atomic E-state index is 12.3. The molecule has 2 aromatic rings. The molecule has 0 radical (unpaired) electrons. The number of carbonyl (C=O) groups excluding carboxylic acids is 1. The number of amides is 1. The van der Waals surface area contributed by atoms with E-state index in [1.54, 1.807) is 16.2 Å². The molecule has 3 nitrogen and oxygen atoms in total. The van der Waals surface area contributed by atoms with Crippen molar-refractivity contribution in [3.8, 4) is 0 Å². The van der Waals surface area contributed by atoms with Crippen molar-refractivity contribution < 1.29 is 4.79 Å². The molecule has 0 unspecified atom stereocenters. The summed E-state index contributed by atoms with van der Waals surface area (Å²) < 4.78 is 0. The quantitative estimate of drug-likeness (QED) is 0.916. The summed E-state index contributed by atoms with van der Waals surface area (Å²) in [6.07, 6.45) is 0.